The molecule has 0 radical (unpaired) electrons. The van der Waals surface area contributed by atoms with Gasteiger partial charge in [0.05, 0.1) is 36.4 Å². The van der Waals surface area contributed by atoms with Crippen LogP contribution in [0.4, 0.5) is 5.69 Å². The molecule has 10 heteroatoms. The Hall–Kier alpha value is -1.26. The normalized spacial score (nSPS) is 26.6. The Balaban J connectivity index is 1.77. The number of rotatable bonds is 6. The average molecular weight is 503 g/mol. The number of ether oxygens (including phenoxy) is 2. The maximum atomic E-state index is 12.4. The highest BCUT2D eigenvalue weighted by molar-refractivity contribution is 9.10. The summed E-state index contributed by atoms with van der Waals surface area (Å²) in [6, 6.07) is 3.40. The van der Waals surface area contributed by atoms with Gasteiger partial charge in [0, 0.05) is 27.8 Å². The van der Waals surface area contributed by atoms with Gasteiger partial charge in [-0.05, 0) is 42.6 Å². The standard InChI is InChI=1S/C19H23BrN2O5S2/c1-3-26-15-7-12(20)13(8-16(15)27-4-2)22-14-9-29(24,25)10-17(14)28-19(22)21-18(23)11-5-6-11/h7-8,11,14,17H,3-6,9-10H2,1-2H3/t14-,17+/m1/s1. The lowest BCUT2D eigenvalue weighted by Gasteiger charge is -2.27. The molecule has 158 valence electrons. The number of benzene rings is 1. The van der Waals surface area contributed by atoms with Crippen molar-refractivity contribution in [3.05, 3.63) is 16.6 Å². The second kappa shape index (κ2) is 8.11. The molecule has 0 aromatic heterocycles. The number of anilines is 1. The van der Waals surface area contributed by atoms with Crippen LogP contribution in [0.5, 0.6) is 11.5 Å². The summed E-state index contributed by atoms with van der Waals surface area (Å²) in [6.07, 6.45) is 1.76. The summed E-state index contributed by atoms with van der Waals surface area (Å²) in [4.78, 5) is 18.6. The number of nitrogens with zero attached hydrogens (tertiary/aromatic N) is 2. The topological polar surface area (TPSA) is 85.3 Å². The van der Waals surface area contributed by atoms with Crippen molar-refractivity contribution >= 4 is 54.3 Å². The van der Waals surface area contributed by atoms with Crippen LogP contribution in [0.3, 0.4) is 0 Å². The van der Waals surface area contributed by atoms with Crippen LogP contribution in [0.2, 0.25) is 0 Å². The Kier molecular flexibility index (Phi) is 5.87. The molecule has 2 heterocycles. The molecule has 0 N–H and O–H groups in total. The first-order valence-electron chi connectivity index (χ1n) is 9.71. The third-order valence-electron chi connectivity index (χ3n) is 5.07. The van der Waals surface area contributed by atoms with E-state index in [0.29, 0.717) is 29.9 Å². The fourth-order valence-electron chi connectivity index (χ4n) is 3.61. The fraction of sp³-hybridized carbons (Fsp3) is 0.579. The monoisotopic (exact) mass is 502 g/mol. The predicted molar refractivity (Wildman–Crippen MR) is 118 cm³/mol. The number of aliphatic imine (C=N–C) groups is 1. The number of amides is 1. The average Bonchev–Trinajstić information content (AvgIpc) is 3.39. The van der Waals surface area contributed by atoms with Crippen molar-refractivity contribution in [3.63, 3.8) is 0 Å². The van der Waals surface area contributed by atoms with E-state index in [-0.39, 0.29) is 34.6 Å². The van der Waals surface area contributed by atoms with E-state index in [1.807, 2.05) is 30.9 Å². The molecule has 3 aliphatic rings. The smallest absolute Gasteiger partial charge is 0.251 e. The van der Waals surface area contributed by atoms with Crippen molar-refractivity contribution in [1.29, 1.82) is 0 Å². The molecule has 1 aromatic carbocycles. The number of carbonyl (C=O) groups excluding carboxylic acids is 1. The highest BCUT2D eigenvalue weighted by Crippen LogP contribution is 2.46. The third-order valence-corrected chi connectivity index (χ3v) is 8.92. The summed E-state index contributed by atoms with van der Waals surface area (Å²) in [6.45, 7) is 4.76. The van der Waals surface area contributed by atoms with Crippen molar-refractivity contribution in [3.8, 4) is 11.5 Å². The van der Waals surface area contributed by atoms with E-state index < -0.39 is 9.84 Å². The van der Waals surface area contributed by atoms with Crippen molar-refractivity contribution in [2.45, 2.75) is 38.0 Å². The lowest BCUT2D eigenvalue weighted by molar-refractivity contribution is -0.118. The van der Waals surface area contributed by atoms with Gasteiger partial charge in [0.1, 0.15) is 0 Å². The molecule has 0 unspecified atom stereocenters. The quantitative estimate of drug-likeness (QED) is 0.589. The molecule has 2 atom stereocenters. The summed E-state index contributed by atoms with van der Waals surface area (Å²) >= 11 is 4.98. The number of thioether (sulfide) groups is 1. The number of hydrogen-bond acceptors (Lipinski definition) is 6. The van der Waals surface area contributed by atoms with Gasteiger partial charge in [0.15, 0.2) is 26.5 Å². The molecule has 1 aliphatic carbocycles. The molecule has 2 aliphatic heterocycles. The van der Waals surface area contributed by atoms with Crippen LogP contribution in [-0.2, 0) is 14.6 Å². The Morgan fingerprint density at radius 1 is 1.21 bits per heavy atom. The molecule has 7 nitrogen and oxygen atoms in total. The predicted octanol–water partition coefficient (Wildman–Crippen LogP) is 3.26. The van der Waals surface area contributed by atoms with E-state index in [9.17, 15) is 13.2 Å². The SMILES string of the molecule is CCOc1cc(Br)c(N2C(=NC(=O)C3CC3)S[C@H]3CS(=O)(=O)C[C@H]32)cc1OCC. The Labute approximate surface area is 183 Å². The largest absolute Gasteiger partial charge is 0.490 e. The second-order valence-electron chi connectivity index (χ2n) is 7.29. The zero-order valence-corrected chi connectivity index (χ0v) is 19.5. The number of carbonyl (C=O) groups is 1. The molecule has 0 spiro atoms. The maximum absolute atomic E-state index is 12.4. The third kappa shape index (κ3) is 4.29. The first-order chi connectivity index (χ1) is 13.8. The van der Waals surface area contributed by atoms with Crippen LogP contribution in [-0.4, -0.2) is 55.5 Å². The van der Waals surface area contributed by atoms with E-state index in [1.54, 1.807) is 0 Å². The van der Waals surface area contributed by atoms with Gasteiger partial charge in [0.2, 0.25) is 0 Å². The highest BCUT2D eigenvalue weighted by atomic mass is 79.9. The van der Waals surface area contributed by atoms with Crippen LogP contribution < -0.4 is 14.4 Å². The number of sulfone groups is 1. The molecule has 4 rings (SSSR count). The first kappa shape index (κ1) is 21.0. The van der Waals surface area contributed by atoms with Gasteiger partial charge in [-0.15, -0.1) is 0 Å². The number of halogens is 1. The molecule has 1 amide bonds. The molecule has 29 heavy (non-hydrogen) atoms. The molecular formula is C19H23BrN2O5S2. The van der Waals surface area contributed by atoms with Crippen LogP contribution in [0.25, 0.3) is 0 Å². The Morgan fingerprint density at radius 3 is 2.48 bits per heavy atom. The summed E-state index contributed by atoms with van der Waals surface area (Å²) in [5.74, 6) is 1.23. The van der Waals surface area contributed by atoms with Gasteiger partial charge < -0.3 is 14.4 Å². The van der Waals surface area contributed by atoms with Crippen molar-refractivity contribution in [1.82, 2.24) is 0 Å². The minimum Gasteiger partial charge on any atom is -0.490 e. The van der Waals surface area contributed by atoms with Crippen molar-refractivity contribution in [2.24, 2.45) is 10.9 Å². The number of amidine groups is 1. The molecular weight excluding hydrogens is 480 g/mol. The number of fused-ring (bicyclic) bond motifs is 1. The first-order valence-corrected chi connectivity index (χ1v) is 13.2. The van der Waals surface area contributed by atoms with Crippen molar-refractivity contribution < 1.29 is 22.7 Å². The second-order valence-corrected chi connectivity index (χ2v) is 11.5. The molecule has 3 fully saturated rings. The van der Waals surface area contributed by atoms with Crippen LogP contribution >= 0.6 is 27.7 Å². The van der Waals surface area contributed by atoms with Gasteiger partial charge in [0.25, 0.3) is 5.91 Å². The summed E-state index contributed by atoms with van der Waals surface area (Å²) < 4.78 is 36.7. The van der Waals surface area contributed by atoms with Crippen molar-refractivity contribution in [2.75, 3.05) is 29.6 Å². The van der Waals surface area contributed by atoms with E-state index >= 15 is 0 Å². The number of hydrogen-bond donors (Lipinski definition) is 0. The van der Waals surface area contributed by atoms with Crippen LogP contribution in [0.15, 0.2) is 21.6 Å². The zero-order chi connectivity index (χ0) is 20.8. The Bertz CT molecular complexity index is 962. The lowest BCUT2D eigenvalue weighted by atomic mass is 10.2. The van der Waals surface area contributed by atoms with Gasteiger partial charge in [-0.25, -0.2) is 8.42 Å². The summed E-state index contributed by atoms with van der Waals surface area (Å²) in [5.41, 5.74) is 0.733. The van der Waals surface area contributed by atoms with E-state index in [4.69, 9.17) is 9.47 Å². The van der Waals surface area contributed by atoms with E-state index in [0.717, 1.165) is 23.0 Å². The summed E-state index contributed by atoms with van der Waals surface area (Å²) in [5, 5.41) is 0.430. The van der Waals surface area contributed by atoms with Crippen LogP contribution in [0, 0.1) is 5.92 Å². The minimum absolute atomic E-state index is 0.0110. The van der Waals surface area contributed by atoms with E-state index in [1.165, 1.54) is 11.8 Å². The summed E-state index contributed by atoms with van der Waals surface area (Å²) in [7, 11) is -3.13. The maximum Gasteiger partial charge on any atom is 0.251 e. The van der Waals surface area contributed by atoms with Gasteiger partial charge >= 0.3 is 0 Å². The Morgan fingerprint density at radius 2 is 1.86 bits per heavy atom. The molecule has 2 saturated heterocycles. The molecule has 1 saturated carbocycles. The highest BCUT2D eigenvalue weighted by Gasteiger charge is 2.50. The van der Waals surface area contributed by atoms with Gasteiger partial charge in [-0.1, -0.05) is 11.8 Å². The lowest BCUT2D eigenvalue weighted by Crippen LogP contribution is -2.38. The van der Waals surface area contributed by atoms with Gasteiger partial charge in [-0.3, -0.25) is 4.79 Å². The van der Waals surface area contributed by atoms with Crippen LogP contribution in [0.1, 0.15) is 26.7 Å². The fourth-order valence-corrected chi connectivity index (χ4v) is 8.03. The van der Waals surface area contributed by atoms with Gasteiger partial charge in [-0.2, -0.15) is 4.99 Å². The van der Waals surface area contributed by atoms with E-state index in [2.05, 4.69) is 20.9 Å². The zero-order valence-electron chi connectivity index (χ0n) is 16.3. The molecule has 0 bridgehead atoms. The minimum atomic E-state index is -3.13. The molecule has 1 aromatic rings.